The molecule has 106 valence electrons. The number of ether oxygens (including phenoxy) is 1. The summed E-state index contributed by atoms with van der Waals surface area (Å²) in [7, 11) is 1.66. The van der Waals surface area contributed by atoms with Crippen LogP contribution in [0.4, 0.5) is 0 Å². The largest absolute Gasteiger partial charge is 0.497 e. The molecular formula is C17H17N3O. The third-order valence-corrected chi connectivity index (χ3v) is 4.20. The van der Waals surface area contributed by atoms with Crippen LogP contribution in [0.15, 0.2) is 53.6 Å². The fourth-order valence-electron chi connectivity index (χ4n) is 3.13. The maximum Gasteiger partial charge on any atom is 0.118 e. The highest BCUT2D eigenvalue weighted by molar-refractivity contribution is 5.39. The number of hydrogen-bond donors (Lipinski definition) is 0. The van der Waals surface area contributed by atoms with E-state index in [-0.39, 0.29) is 12.0 Å². The number of azide groups is 1. The van der Waals surface area contributed by atoms with E-state index in [0.717, 1.165) is 24.2 Å². The van der Waals surface area contributed by atoms with Gasteiger partial charge in [-0.3, -0.25) is 0 Å². The minimum absolute atomic E-state index is 0.131. The molecule has 21 heavy (non-hydrogen) atoms. The number of methoxy groups -OCH3 is 1. The minimum atomic E-state index is -0.131. The van der Waals surface area contributed by atoms with Crippen molar-refractivity contribution in [2.75, 3.05) is 7.11 Å². The van der Waals surface area contributed by atoms with Crippen LogP contribution in [0.2, 0.25) is 0 Å². The first kappa shape index (κ1) is 13.5. The molecule has 0 bridgehead atoms. The molecule has 0 amide bonds. The van der Waals surface area contributed by atoms with Gasteiger partial charge in [-0.2, -0.15) is 0 Å². The third kappa shape index (κ3) is 2.58. The van der Waals surface area contributed by atoms with Gasteiger partial charge >= 0.3 is 0 Å². The van der Waals surface area contributed by atoms with Gasteiger partial charge in [-0.15, -0.1) is 0 Å². The second kappa shape index (κ2) is 5.90. The van der Waals surface area contributed by atoms with Gasteiger partial charge in [0, 0.05) is 4.91 Å². The third-order valence-electron chi connectivity index (χ3n) is 4.20. The lowest BCUT2D eigenvalue weighted by Gasteiger charge is -2.31. The second-order valence-electron chi connectivity index (χ2n) is 5.27. The van der Waals surface area contributed by atoms with Gasteiger partial charge in [0.05, 0.1) is 13.2 Å². The van der Waals surface area contributed by atoms with Crippen LogP contribution in [-0.2, 0) is 6.42 Å². The fraction of sp³-hybridized carbons (Fsp3) is 0.294. The van der Waals surface area contributed by atoms with E-state index < -0.39 is 0 Å². The Kier molecular flexibility index (Phi) is 3.80. The number of rotatable bonds is 3. The van der Waals surface area contributed by atoms with Gasteiger partial charge < -0.3 is 4.74 Å². The van der Waals surface area contributed by atoms with Crippen LogP contribution in [-0.4, -0.2) is 7.11 Å². The van der Waals surface area contributed by atoms with Crippen molar-refractivity contribution in [3.63, 3.8) is 0 Å². The lowest BCUT2D eigenvalue weighted by molar-refractivity contribution is 0.414. The molecule has 4 nitrogen and oxygen atoms in total. The Labute approximate surface area is 124 Å². The van der Waals surface area contributed by atoms with Crippen molar-refractivity contribution in [3.05, 3.63) is 75.7 Å². The van der Waals surface area contributed by atoms with Crippen LogP contribution in [0.3, 0.4) is 0 Å². The number of aryl methyl sites for hydroxylation is 1. The van der Waals surface area contributed by atoms with Crippen LogP contribution in [0.5, 0.6) is 5.75 Å². The fourth-order valence-corrected chi connectivity index (χ4v) is 3.13. The van der Waals surface area contributed by atoms with E-state index in [2.05, 4.69) is 34.3 Å². The zero-order valence-electron chi connectivity index (χ0n) is 11.9. The van der Waals surface area contributed by atoms with Gasteiger partial charge in [0.25, 0.3) is 0 Å². The molecule has 0 aromatic heterocycles. The standard InChI is InChI=1S/C17H17N3O/c1-21-14-9-6-13(7-10-14)16-11-8-12-4-2-3-5-15(12)17(16)19-20-18/h2-7,9-10,16-17H,8,11H2,1H3/t16-,17+/m1/s1. The van der Waals surface area contributed by atoms with Crippen molar-refractivity contribution in [3.8, 4) is 5.75 Å². The molecule has 1 aliphatic rings. The molecule has 0 saturated carbocycles. The molecule has 0 aliphatic heterocycles. The number of fused-ring (bicyclic) bond motifs is 1. The summed E-state index contributed by atoms with van der Waals surface area (Å²) < 4.78 is 5.21. The smallest absolute Gasteiger partial charge is 0.118 e. The van der Waals surface area contributed by atoms with Crippen molar-refractivity contribution in [1.29, 1.82) is 0 Å². The molecule has 2 atom stereocenters. The van der Waals surface area contributed by atoms with Crippen LogP contribution in [0, 0.1) is 0 Å². The topological polar surface area (TPSA) is 58.0 Å². The summed E-state index contributed by atoms with van der Waals surface area (Å²) in [5.74, 6) is 1.07. The number of nitrogens with zero attached hydrogens (tertiary/aromatic N) is 3. The minimum Gasteiger partial charge on any atom is -0.497 e. The summed E-state index contributed by atoms with van der Waals surface area (Å²) in [6.45, 7) is 0. The first-order chi connectivity index (χ1) is 10.3. The molecule has 0 N–H and O–H groups in total. The second-order valence-corrected chi connectivity index (χ2v) is 5.27. The molecule has 0 heterocycles. The molecule has 0 saturated heterocycles. The Morgan fingerprint density at radius 2 is 1.90 bits per heavy atom. The van der Waals surface area contributed by atoms with E-state index >= 15 is 0 Å². The van der Waals surface area contributed by atoms with E-state index in [1.807, 2.05) is 24.3 Å². The summed E-state index contributed by atoms with van der Waals surface area (Å²) in [4.78, 5) is 3.07. The molecule has 2 aromatic rings. The SMILES string of the molecule is COc1ccc([C@H]2CCc3ccccc3[C@@H]2N=[N+]=[N-])cc1. The first-order valence-electron chi connectivity index (χ1n) is 7.09. The van der Waals surface area contributed by atoms with Gasteiger partial charge in [0.1, 0.15) is 5.75 Å². The number of benzene rings is 2. The predicted molar refractivity (Wildman–Crippen MR) is 82.4 cm³/mol. The molecular weight excluding hydrogens is 262 g/mol. The Bertz CT molecular complexity index is 675. The highest BCUT2D eigenvalue weighted by Gasteiger charge is 2.29. The highest BCUT2D eigenvalue weighted by atomic mass is 16.5. The summed E-state index contributed by atoms with van der Waals surface area (Å²) in [6, 6.07) is 16.2. The summed E-state index contributed by atoms with van der Waals surface area (Å²) in [6.07, 6.45) is 2.01. The molecule has 0 spiro atoms. The zero-order chi connectivity index (χ0) is 14.7. The monoisotopic (exact) mass is 279 g/mol. The van der Waals surface area contributed by atoms with Gasteiger partial charge in [0.15, 0.2) is 0 Å². The maximum absolute atomic E-state index is 8.93. The average Bonchev–Trinajstić information content (AvgIpc) is 2.55. The van der Waals surface area contributed by atoms with Gasteiger partial charge in [0.2, 0.25) is 0 Å². The lowest BCUT2D eigenvalue weighted by Crippen LogP contribution is -2.17. The Balaban J connectivity index is 2.00. The lowest BCUT2D eigenvalue weighted by atomic mass is 9.77. The summed E-state index contributed by atoms with van der Waals surface area (Å²) in [5, 5.41) is 4.07. The molecule has 4 heteroatoms. The predicted octanol–water partition coefficient (Wildman–Crippen LogP) is 4.78. The molecule has 0 radical (unpaired) electrons. The van der Waals surface area contributed by atoms with Crippen LogP contribution in [0.25, 0.3) is 10.4 Å². The Morgan fingerprint density at radius 3 is 2.62 bits per heavy atom. The van der Waals surface area contributed by atoms with Gasteiger partial charge in [-0.25, -0.2) is 0 Å². The van der Waals surface area contributed by atoms with Gasteiger partial charge in [-0.1, -0.05) is 41.5 Å². The quantitative estimate of drug-likeness (QED) is 0.453. The number of hydrogen-bond acceptors (Lipinski definition) is 2. The van der Waals surface area contributed by atoms with E-state index in [1.54, 1.807) is 7.11 Å². The van der Waals surface area contributed by atoms with E-state index in [1.165, 1.54) is 11.1 Å². The van der Waals surface area contributed by atoms with Crippen LogP contribution >= 0.6 is 0 Å². The van der Waals surface area contributed by atoms with E-state index in [0.29, 0.717) is 0 Å². The van der Waals surface area contributed by atoms with Crippen molar-refractivity contribution >= 4 is 0 Å². The molecule has 1 aliphatic carbocycles. The molecule has 2 aromatic carbocycles. The van der Waals surface area contributed by atoms with Crippen LogP contribution < -0.4 is 4.74 Å². The molecule has 0 fully saturated rings. The Hall–Kier alpha value is -2.45. The zero-order valence-corrected chi connectivity index (χ0v) is 11.9. The van der Waals surface area contributed by atoms with Crippen molar-refractivity contribution in [2.45, 2.75) is 24.8 Å². The molecule has 0 unspecified atom stereocenters. The van der Waals surface area contributed by atoms with Crippen LogP contribution in [0.1, 0.15) is 35.1 Å². The first-order valence-corrected chi connectivity index (χ1v) is 7.09. The average molecular weight is 279 g/mol. The summed E-state index contributed by atoms with van der Waals surface area (Å²) in [5.41, 5.74) is 12.6. The normalized spacial score (nSPS) is 20.2. The van der Waals surface area contributed by atoms with Gasteiger partial charge in [-0.05, 0) is 53.1 Å². The van der Waals surface area contributed by atoms with Crippen molar-refractivity contribution < 1.29 is 4.74 Å². The van der Waals surface area contributed by atoms with E-state index in [9.17, 15) is 0 Å². The molecule has 3 rings (SSSR count). The van der Waals surface area contributed by atoms with Crippen molar-refractivity contribution in [2.24, 2.45) is 5.11 Å². The van der Waals surface area contributed by atoms with E-state index in [4.69, 9.17) is 10.3 Å². The highest BCUT2D eigenvalue weighted by Crippen LogP contribution is 2.43. The maximum atomic E-state index is 8.93. The summed E-state index contributed by atoms with van der Waals surface area (Å²) >= 11 is 0. The van der Waals surface area contributed by atoms with Crippen molar-refractivity contribution in [1.82, 2.24) is 0 Å². The Morgan fingerprint density at radius 1 is 1.14 bits per heavy atom.